The fourth-order valence-electron chi connectivity index (χ4n) is 3.50. The highest BCUT2D eigenvalue weighted by Crippen LogP contribution is 2.39. The van der Waals surface area contributed by atoms with E-state index in [1.165, 1.54) is 13.2 Å². The summed E-state index contributed by atoms with van der Waals surface area (Å²) in [6.07, 6.45) is 0.110. The van der Waals surface area contributed by atoms with Crippen LogP contribution in [0.15, 0.2) is 6.07 Å². The van der Waals surface area contributed by atoms with Crippen LogP contribution in [0.2, 0.25) is 0 Å². The Hall–Kier alpha value is -3.23. The van der Waals surface area contributed by atoms with Gasteiger partial charge in [-0.15, -0.1) is 0 Å². The Morgan fingerprint density at radius 3 is 2.56 bits per heavy atom. The summed E-state index contributed by atoms with van der Waals surface area (Å²) in [6, 6.07) is 0.306. The SMILES string of the molecule is COc1c2c(cc3c1C(=O)N(C1CCC(=O)NC1=O)C3=O)C(=O)NC2. The van der Waals surface area contributed by atoms with Crippen LogP contribution < -0.4 is 15.4 Å². The van der Waals surface area contributed by atoms with Crippen molar-refractivity contribution in [3.05, 3.63) is 28.3 Å². The number of imide groups is 2. The number of fused-ring (bicyclic) bond motifs is 2. The lowest BCUT2D eigenvalue weighted by atomic mass is 9.99. The topological polar surface area (TPSA) is 122 Å². The summed E-state index contributed by atoms with van der Waals surface area (Å²) in [5.41, 5.74) is 0.870. The second-order valence-electron chi connectivity index (χ2n) is 5.99. The number of piperidine rings is 1. The van der Waals surface area contributed by atoms with Crippen LogP contribution in [0, 0.1) is 0 Å². The van der Waals surface area contributed by atoms with E-state index in [-0.39, 0.29) is 47.7 Å². The van der Waals surface area contributed by atoms with Crippen LogP contribution >= 0.6 is 0 Å². The first-order valence-corrected chi connectivity index (χ1v) is 7.67. The first-order chi connectivity index (χ1) is 11.9. The smallest absolute Gasteiger partial charge is 0.266 e. The quantitative estimate of drug-likeness (QED) is 0.688. The van der Waals surface area contributed by atoms with Gasteiger partial charge in [0.2, 0.25) is 11.8 Å². The van der Waals surface area contributed by atoms with Gasteiger partial charge in [-0.1, -0.05) is 0 Å². The molecule has 1 atom stereocenters. The van der Waals surface area contributed by atoms with Gasteiger partial charge in [0, 0.05) is 24.1 Å². The number of benzene rings is 1. The molecule has 0 bridgehead atoms. The van der Waals surface area contributed by atoms with E-state index in [4.69, 9.17) is 4.74 Å². The number of rotatable bonds is 2. The maximum absolute atomic E-state index is 12.8. The van der Waals surface area contributed by atoms with Crippen LogP contribution in [-0.4, -0.2) is 47.6 Å². The zero-order chi connectivity index (χ0) is 17.9. The van der Waals surface area contributed by atoms with E-state index in [0.717, 1.165) is 4.90 Å². The molecule has 3 aliphatic rings. The molecule has 0 saturated carbocycles. The van der Waals surface area contributed by atoms with Crippen LogP contribution in [0.5, 0.6) is 5.75 Å². The molecule has 3 heterocycles. The Balaban J connectivity index is 1.82. The van der Waals surface area contributed by atoms with Crippen molar-refractivity contribution in [2.45, 2.75) is 25.4 Å². The lowest BCUT2D eigenvalue weighted by molar-refractivity contribution is -0.136. The molecule has 9 heteroatoms. The molecule has 4 rings (SSSR count). The Morgan fingerprint density at radius 2 is 1.88 bits per heavy atom. The Labute approximate surface area is 141 Å². The van der Waals surface area contributed by atoms with Gasteiger partial charge in [0.05, 0.1) is 18.2 Å². The van der Waals surface area contributed by atoms with E-state index in [2.05, 4.69) is 10.6 Å². The normalized spacial score (nSPS) is 21.9. The molecular formula is C16H13N3O6. The van der Waals surface area contributed by atoms with E-state index in [1.807, 2.05) is 0 Å². The van der Waals surface area contributed by atoms with E-state index in [9.17, 15) is 24.0 Å². The van der Waals surface area contributed by atoms with Crippen LogP contribution in [0.3, 0.4) is 0 Å². The standard InChI is InChI=1S/C16H13N3O6/c1-25-12-8-5-17-13(21)6(8)4-7-11(12)16(24)19(15(7)23)9-2-3-10(20)18-14(9)22/h4,9H,2-3,5H2,1H3,(H,17,21)(H,18,20,22). The molecule has 0 spiro atoms. The lowest BCUT2D eigenvalue weighted by Crippen LogP contribution is -2.54. The summed E-state index contributed by atoms with van der Waals surface area (Å²) >= 11 is 0. The zero-order valence-corrected chi connectivity index (χ0v) is 13.2. The summed E-state index contributed by atoms with van der Waals surface area (Å²) in [6.45, 7) is 0.199. The number of nitrogens with zero attached hydrogens (tertiary/aromatic N) is 1. The van der Waals surface area contributed by atoms with Gasteiger partial charge in [-0.25, -0.2) is 0 Å². The maximum atomic E-state index is 12.8. The summed E-state index contributed by atoms with van der Waals surface area (Å²) in [5.74, 6) is -2.64. The van der Waals surface area contributed by atoms with Crippen molar-refractivity contribution < 1.29 is 28.7 Å². The van der Waals surface area contributed by atoms with E-state index >= 15 is 0 Å². The average molecular weight is 343 g/mol. The van der Waals surface area contributed by atoms with Crippen molar-refractivity contribution in [2.24, 2.45) is 0 Å². The fourth-order valence-corrected chi connectivity index (χ4v) is 3.50. The third kappa shape index (κ3) is 1.98. The number of hydrogen-bond donors (Lipinski definition) is 2. The summed E-state index contributed by atoms with van der Waals surface area (Å²) in [5, 5.41) is 4.76. The number of amides is 5. The van der Waals surface area contributed by atoms with Gasteiger partial charge in [0.1, 0.15) is 11.8 Å². The third-order valence-electron chi connectivity index (χ3n) is 4.66. The number of methoxy groups -OCH3 is 1. The van der Waals surface area contributed by atoms with E-state index < -0.39 is 29.7 Å². The number of carbonyl (C=O) groups is 5. The molecule has 3 aliphatic heterocycles. The minimum Gasteiger partial charge on any atom is -0.496 e. The Morgan fingerprint density at radius 1 is 1.12 bits per heavy atom. The summed E-state index contributed by atoms with van der Waals surface area (Å²) in [7, 11) is 1.35. The minimum absolute atomic E-state index is 0.0300. The van der Waals surface area contributed by atoms with E-state index in [1.54, 1.807) is 0 Å². The molecule has 1 aromatic rings. The van der Waals surface area contributed by atoms with E-state index in [0.29, 0.717) is 5.56 Å². The van der Waals surface area contributed by atoms with Crippen molar-refractivity contribution in [1.29, 1.82) is 0 Å². The monoisotopic (exact) mass is 343 g/mol. The van der Waals surface area contributed by atoms with Gasteiger partial charge in [0.15, 0.2) is 0 Å². The van der Waals surface area contributed by atoms with Crippen LogP contribution in [0.1, 0.15) is 49.5 Å². The number of ether oxygens (including phenoxy) is 1. The summed E-state index contributed by atoms with van der Waals surface area (Å²) in [4.78, 5) is 61.7. The highest BCUT2D eigenvalue weighted by Gasteiger charge is 2.47. The van der Waals surface area contributed by atoms with Gasteiger partial charge < -0.3 is 10.1 Å². The predicted molar refractivity (Wildman–Crippen MR) is 80.8 cm³/mol. The van der Waals surface area contributed by atoms with Gasteiger partial charge >= 0.3 is 0 Å². The number of nitrogens with one attached hydrogen (secondary N) is 2. The number of carbonyl (C=O) groups excluding carboxylic acids is 5. The Kier molecular flexibility index (Phi) is 3.14. The van der Waals surface area contributed by atoms with Crippen LogP contribution in [0.4, 0.5) is 0 Å². The largest absolute Gasteiger partial charge is 0.496 e. The molecule has 9 nitrogen and oxygen atoms in total. The Bertz CT molecular complexity index is 890. The zero-order valence-electron chi connectivity index (χ0n) is 13.2. The van der Waals surface area contributed by atoms with Crippen LogP contribution in [-0.2, 0) is 16.1 Å². The molecule has 0 aliphatic carbocycles. The molecule has 1 fully saturated rings. The van der Waals surface area contributed by atoms with Crippen molar-refractivity contribution in [2.75, 3.05) is 7.11 Å². The molecule has 0 radical (unpaired) electrons. The number of hydrogen-bond acceptors (Lipinski definition) is 6. The van der Waals surface area contributed by atoms with Gasteiger partial charge in [-0.3, -0.25) is 34.2 Å². The molecular weight excluding hydrogens is 330 g/mol. The van der Waals surface area contributed by atoms with Gasteiger partial charge in [0.25, 0.3) is 17.7 Å². The molecule has 5 amide bonds. The van der Waals surface area contributed by atoms with Crippen molar-refractivity contribution >= 4 is 29.5 Å². The molecule has 128 valence electrons. The first-order valence-electron chi connectivity index (χ1n) is 7.67. The van der Waals surface area contributed by atoms with Crippen molar-refractivity contribution in [1.82, 2.24) is 15.5 Å². The van der Waals surface area contributed by atoms with Gasteiger partial charge in [-0.05, 0) is 12.5 Å². The minimum atomic E-state index is -1.06. The second-order valence-corrected chi connectivity index (χ2v) is 5.99. The second kappa shape index (κ2) is 5.13. The fraction of sp³-hybridized carbons (Fsp3) is 0.312. The highest BCUT2D eigenvalue weighted by atomic mass is 16.5. The lowest BCUT2D eigenvalue weighted by Gasteiger charge is -2.27. The molecule has 1 saturated heterocycles. The molecule has 2 N–H and O–H groups in total. The molecule has 25 heavy (non-hydrogen) atoms. The third-order valence-corrected chi connectivity index (χ3v) is 4.66. The van der Waals surface area contributed by atoms with Crippen LogP contribution in [0.25, 0.3) is 0 Å². The predicted octanol–water partition coefficient (Wildman–Crippen LogP) is -0.660. The van der Waals surface area contributed by atoms with Crippen molar-refractivity contribution in [3.8, 4) is 5.75 Å². The highest BCUT2D eigenvalue weighted by molar-refractivity contribution is 6.25. The average Bonchev–Trinajstić information content (AvgIpc) is 3.06. The summed E-state index contributed by atoms with van der Waals surface area (Å²) < 4.78 is 5.30. The molecule has 1 aromatic carbocycles. The van der Waals surface area contributed by atoms with Gasteiger partial charge in [-0.2, -0.15) is 0 Å². The first kappa shape index (κ1) is 15.3. The molecule has 1 unspecified atom stereocenters. The molecule has 0 aromatic heterocycles. The van der Waals surface area contributed by atoms with Crippen molar-refractivity contribution in [3.63, 3.8) is 0 Å². The maximum Gasteiger partial charge on any atom is 0.266 e.